The molecule has 0 aromatic heterocycles. The van der Waals surface area contributed by atoms with Crippen LogP contribution in [0.25, 0.3) is 0 Å². The molecule has 2 atom stereocenters. The number of carbonyl (C=O) groups is 2. The van der Waals surface area contributed by atoms with Gasteiger partial charge in [-0.05, 0) is 50.9 Å². The molecule has 5 heteroatoms. The Morgan fingerprint density at radius 2 is 1.96 bits per heavy atom. The lowest BCUT2D eigenvalue weighted by Crippen LogP contribution is -2.47. The summed E-state index contributed by atoms with van der Waals surface area (Å²) in [5.74, 6) is 0.640. The predicted molar refractivity (Wildman–Crippen MR) is 89.1 cm³/mol. The van der Waals surface area contributed by atoms with Gasteiger partial charge in [-0.15, -0.1) is 0 Å². The minimum Gasteiger partial charge on any atom is -0.341 e. The molecule has 2 aliphatic heterocycles. The number of hydrogen-bond donors (Lipinski definition) is 1. The molecule has 2 amide bonds. The summed E-state index contributed by atoms with van der Waals surface area (Å²) in [5.41, 5.74) is 0.668. The van der Waals surface area contributed by atoms with Crippen molar-refractivity contribution >= 4 is 11.8 Å². The second-order valence-corrected chi connectivity index (χ2v) is 6.52. The first-order valence-electron chi connectivity index (χ1n) is 8.50. The maximum absolute atomic E-state index is 12.9. The average molecular weight is 315 g/mol. The van der Waals surface area contributed by atoms with Crippen molar-refractivity contribution in [2.75, 3.05) is 33.2 Å². The van der Waals surface area contributed by atoms with E-state index in [0.717, 1.165) is 38.9 Å². The zero-order chi connectivity index (χ0) is 16.2. The molecule has 1 aromatic rings. The Kier molecular flexibility index (Phi) is 4.96. The minimum atomic E-state index is -0.281. The summed E-state index contributed by atoms with van der Waals surface area (Å²) in [7, 11) is 1.95. The molecule has 2 unspecified atom stereocenters. The lowest BCUT2D eigenvalue weighted by Gasteiger charge is -2.28. The van der Waals surface area contributed by atoms with Crippen molar-refractivity contribution in [1.82, 2.24) is 15.1 Å². The van der Waals surface area contributed by atoms with Crippen molar-refractivity contribution in [1.29, 1.82) is 0 Å². The Hall–Kier alpha value is -1.88. The van der Waals surface area contributed by atoms with Crippen LogP contribution in [0.5, 0.6) is 0 Å². The molecule has 3 rings (SSSR count). The van der Waals surface area contributed by atoms with E-state index in [2.05, 4.69) is 5.32 Å². The number of amides is 2. The molecule has 2 saturated heterocycles. The van der Waals surface area contributed by atoms with Gasteiger partial charge >= 0.3 is 0 Å². The van der Waals surface area contributed by atoms with Gasteiger partial charge in [0.25, 0.3) is 5.91 Å². The van der Waals surface area contributed by atoms with Gasteiger partial charge in [0, 0.05) is 25.2 Å². The van der Waals surface area contributed by atoms with Gasteiger partial charge in [0.15, 0.2) is 0 Å². The third-order valence-corrected chi connectivity index (χ3v) is 4.91. The highest BCUT2D eigenvalue weighted by atomic mass is 16.2. The minimum absolute atomic E-state index is 0.0209. The van der Waals surface area contributed by atoms with Gasteiger partial charge in [0.05, 0.1) is 0 Å². The van der Waals surface area contributed by atoms with Gasteiger partial charge in [-0.2, -0.15) is 0 Å². The Morgan fingerprint density at radius 3 is 2.70 bits per heavy atom. The number of rotatable bonds is 4. The molecule has 23 heavy (non-hydrogen) atoms. The molecule has 2 aliphatic rings. The number of nitrogens with zero attached hydrogens (tertiary/aromatic N) is 2. The summed E-state index contributed by atoms with van der Waals surface area (Å²) < 4.78 is 0. The van der Waals surface area contributed by atoms with Gasteiger partial charge in [-0.25, -0.2) is 0 Å². The van der Waals surface area contributed by atoms with E-state index < -0.39 is 0 Å². The van der Waals surface area contributed by atoms with E-state index in [1.54, 1.807) is 4.90 Å². The molecule has 2 fully saturated rings. The van der Waals surface area contributed by atoms with E-state index in [-0.39, 0.29) is 17.9 Å². The van der Waals surface area contributed by atoms with Crippen molar-refractivity contribution < 1.29 is 9.59 Å². The Balaban J connectivity index is 1.67. The third-order valence-electron chi connectivity index (χ3n) is 4.91. The molecule has 0 aliphatic carbocycles. The smallest absolute Gasteiger partial charge is 0.254 e. The summed E-state index contributed by atoms with van der Waals surface area (Å²) in [6.45, 7) is 3.25. The monoisotopic (exact) mass is 315 g/mol. The van der Waals surface area contributed by atoms with Crippen LogP contribution >= 0.6 is 0 Å². The first-order valence-corrected chi connectivity index (χ1v) is 8.50. The quantitative estimate of drug-likeness (QED) is 0.913. The van der Waals surface area contributed by atoms with Crippen LogP contribution in [0.3, 0.4) is 0 Å². The van der Waals surface area contributed by atoms with Gasteiger partial charge in [0.2, 0.25) is 5.91 Å². The summed E-state index contributed by atoms with van der Waals surface area (Å²) in [5, 5.41) is 3.18. The summed E-state index contributed by atoms with van der Waals surface area (Å²) in [6.07, 6.45) is 2.74. The van der Waals surface area contributed by atoms with Crippen LogP contribution in [0, 0.1) is 5.92 Å². The van der Waals surface area contributed by atoms with E-state index in [0.29, 0.717) is 18.0 Å². The molecule has 2 heterocycles. The van der Waals surface area contributed by atoms with Crippen LogP contribution < -0.4 is 5.32 Å². The zero-order valence-electron chi connectivity index (χ0n) is 13.7. The molecule has 124 valence electrons. The number of hydrogen-bond acceptors (Lipinski definition) is 3. The lowest BCUT2D eigenvalue weighted by atomic mass is 10.1. The summed E-state index contributed by atoms with van der Waals surface area (Å²) >= 11 is 0. The first kappa shape index (κ1) is 16.0. The lowest BCUT2D eigenvalue weighted by molar-refractivity contribution is -0.134. The Labute approximate surface area is 137 Å². The van der Waals surface area contributed by atoms with E-state index in [4.69, 9.17) is 0 Å². The second kappa shape index (κ2) is 7.13. The van der Waals surface area contributed by atoms with Crippen LogP contribution in [-0.2, 0) is 4.79 Å². The average Bonchev–Trinajstić information content (AvgIpc) is 3.24. The van der Waals surface area contributed by atoms with Gasteiger partial charge in [0.1, 0.15) is 6.04 Å². The molecule has 0 saturated carbocycles. The van der Waals surface area contributed by atoms with Crippen LogP contribution in [0.2, 0.25) is 0 Å². The largest absolute Gasteiger partial charge is 0.341 e. The molecule has 0 radical (unpaired) electrons. The second-order valence-electron chi connectivity index (χ2n) is 6.52. The topological polar surface area (TPSA) is 52.7 Å². The molecule has 0 bridgehead atoms. The molecule has 1 N–H and O–H groups in total. The number of carbonyl (C=O) groups excluding carboxylic acids is 2. The highest BCUT2D eigenvalue weighted by molar-refractivity contribution is 5.98. The fourth-order valence-electron chi connectivity index (χ4n) is 3.71. The molecular weight excluding hydrogens is 290 g/mol. The van der Waals surface area contributed by atoms with Gasteiger partial charge in [-0.1, -0.05) is 18.2 Å². The van der Waals surface area contributed by atoms with Crippen LogP contribution in [0.15, 0.2) is 30.3 Å². The van der Waals surface area contributed by atoms with Crippen LogP contribution in [-0.4, -0.2) is 60.9 Å². The normalized spacial score (nSPS) is 24.2. The summed E-state index contributed by atoms with van der Waals surface area (Å²) in [6, 6.07) is 8.99. The fraction of sp³-hybridized carbons (Fsp3) is 0.556. The van der Waals surface area contributed by atoms with Crippen molar-refractivity contribution in [3.63, 3.8) is 0 Å². The number of nitrogens with one attached hydrogen (secondary N) is 1. The van der Waals surface area contributed by atoms with Gasteiger partial charge < -0.3 is 15.1 Å². The third kappa shape index (κ3) is 3.39. The van der Waals surface area contributed by atoms with Crippen LogP contribution in [0.1, 0.15) is 29.6 Å². The standard InChI is InChI=1S/C18H25N3O2/c1-19-12-14-9-11-20(13-14)18(23)16-8-5-10-21(16)17(22)15-6-3-2-4-7-15/h2-4,6-7,14,16,19H,5,8-13H2,1H3. The molecule has 1 aromatic carbocycles. The van der Waals surface area contributed by atoms with E-state index in [1.807, 2.05) is 42.3 Å². The number of likely N-dealkylation sites (tertiary alicyclic amines) is 2. The van der Waals surface area contributed by atoms with Crippen LogP contribution in [0.4, 0.5) is 0 Å². The van der Waals surface area contributed by atoms with Crippen molar-refractivity contribution in [2.45, 2.75) is 25.3 Å². The fourth-order valence-corrected chi connectivity index (χ4v) is 3.71. The summed E-state index contributed by atoms with van der Waals surface area (Å²) in [4.78, 5) is 29.3. The van der Waals surface area contributed by atoms with E-state index in [9.17, 15) is 9.59 Å². The highest BCUT2D eigenvalue weighted by Crippen LogP contribution is 2.25. The predicted octanol–water partition coefficient (Wildman–Crippen LogP) is 1.36. The van der Waals surface area contributed by atoms with Crippen molar-refractivity contribution in [3.05, 3.63) is 35.9 Å². The Morgan fingerprint density at radius 1 is 1.17 bits per heavy atom. The first-order chi connectivity index (χ1) is 11.2. The zero-order valence-corrected chi connectivity index (χ0v) is 13.7. The van der Waals surface area contributed by atoms with Crippen molar-refractivity contribution in [2.24, 2.45) is 5.92 Å². The molecule has 5 nitrogen and oxygen atoms in total. The van der Waals surface area contributed by atoms with Crippen molar-refractivity contribution in [3.8, 4) is 0 Å². The van der Waals surface area contributed by atoms with E-state index in [1.165, 1.54) is 0 Å². The number of benzene rings is 1. The maximum atomic E-state index is 12.9. The van der Waals surface area contributed by atoms with E-state index >= 15 is 0 Å². The molecular formula is C18H25N3O2. The van der Waals surface area contributed by atoms with Gasteiger partial charge in [-0.3, -0.25) is 9.59 Å². The maximum Gasteiger partial charge on any atom is 0.254 e. The SMILES string of the molecule is CNCC1CCN(C(=O)C2CCCN2C(=O)c2ccccc2)C1. The Bertz CT molecular complexity index is 561. The highest BCUT2D eigenvalue weighted by Gasteiger charge is 2.38. The molecule has 0 spiro atoms.